The molecule has 3 aromatic carbocycles. The van der Waals surface area contributed by atoms with E-state index in [2.05, 4.69) is 0 Å². The van der Waals surface area contributed by atoms with Crippen LogP contribution in [-0.4, -0.2) is 12.7 Å². The summed E-state index contributed by atoms with van der Waals surface area (Å²) in [7, 11) is 0.668. The van der Waals surface area contributed by atoms with Crippen LogP contribution in [0.25, 0.3) is 43.9 Å². The van der Waals surface area contributed by atoms with Gasteiger partial charge in [0.05, 0.1) is 0 Å². The van der Waals surface area contributed by atoms with Crippen LogP contribution in [0.2, 0.25) is 0 Å². The van der Waals surface area contributed by atoms with E-state index in [1.165, 1.54) is 0 Å². The van der Waals surface area contributed by atoms with Crippen molar-refractivity contribution in [3.8, 4) is 5.75 Å². The molecule has 0 saturated carbocycles. The molecule has 0 aliphatic rings. The first-order chi connectivity index (χ1) is 11.3. The Hall–Kier alpha value is -2.92. The van der Waals surface area contributed by atoms with Gasteiger partial charge in [-0.25, -0.2) is 0 Å². The Labute approximate surface area is 131 Å². The summed E-state index contributed by atoms with van der Waals surface area (Å²) in [4.78, 5) is 0. The third kappa shape index (κ3) is 1.71. The molecule has 0 saturated heterocycles. The Balaban J connectivity index is 1.91. The van der Waals surface area contributed by atoms with Gasteiger partial charge in [0.1, 0.15) is 16.9 Å². The molecule has 0 bridgehead atoms. The van der Waals surface area contributed by atoms with Crippen LogP contribution in [0.15, 0.2) is 63.4 Å². The minimum absolute atomic E-state index is 0.549. The van der Waals surface area contributed by atoms with Gasteiger partial charge in [0, 0.05) is 21.5 Å². The predicted molar refractivity (Wildman–Crippen MR) is 89.6 cm³/mol. The number of rotatable bonds is 2. The Morgan fingerprint density at radius 3 is 2.22 bits per heavy atom. The molecule has 1 N–H and O–H groups in total. The molecule has 0 amide bonds. The monoisotopic (exact) mass is 301 g/mol. The zero-order chi connectivity index (χ0) is 15.4. The van der Waals surface area contributed by atoms with E-state index in [0.717, 1.165) is 43.9 Å². The van der Waals surface area contributed by atoms with Crippen molar-refractivity contribution in [2.75, 3.05) is 0 Å². The topological polar surface area (TPSA) is 55.7 Å². The molecule has 4 nitrogen and oxygen atoms in total. The summed E-state index contributed by atoms with van der Waals surface area (Å²) in [5.41, 5.74) is 3.06. The summed E-state index contributed by atoms with van der Waals surface area (Å²) >= 11 is 0. The SMILES string of the molecule is O[B]Oc1ccc2oc3c(ccc4c5ccccc5oc43)c2c1. The van der Waals surface area contributed by atoms with E-state index in [1.807, 2.05) is 48.5 Å². The number of benzene rings is 3. The molecular formula is C18H10BO4. The largest absolute Gasteiger partial charge is 0.569 e. The summed E-state index contributed by atoms with van der Waals surface area (Å²) in [6.07, 6.45) is 0. The maximum Gasteiger partial charge on any atom is 0.569 e. The van der Waals surface area contributed by atoms with Crippen LogP contribution in [0.1, 0.15) is 0 Å². The van der Waals surface area contributed by atoms with Crippen molar-refractivity contribution in [2.45, 2.75) is 0 Å². The van der Waals surface area contributed by atoms with Crippen LogP contribution in [0.4, 0.5) is 0 Å². The smallest absolute Gasteiger partial charge is 0.537 e. The van der Waals surface area contributed by atoms with E-state index in [4.69, 9.17) is 18.5 Å². The number of furan rings is 2. The van der Waals surface area contributed by atoms with Gasteiger partial charge in [-0.3, -0.25) is 0 Å². The highest BCUT2D eigenvalue weighted by Crippen LogP contribution is 2.39. The zero-order valence-corrected chi connectivity index (χ0v) is 11.9. The van der Waals surface area contributed by atoms with E-state index in [0.29, 0.717) is 13.4 Å². The second-order valence-electron chi connectivity index (χ2n) is 5.40. The van der Waals surface area contributed by atoms with Crippen LogP contribution in [0.3, 0.4) is 0 Å². The van der Waals surface area contributed by atoms with Crippen molar-refractivity contribution in [1.82, 2.24) is 0 Å². The Bertz CT molecular complexity index is 1190. The van der Waals surface area contributed by atoms with Crippen molar-refractivity contribution in [2.24, 2.45) is 0 Å². The molecule has 0 fully saturated rings. The molecule has 109 valence electrons. The van der Waals surface area contributed by atoms with Crippen molar-refractivity contribution >= 4 is 51.6 Å². The van der Waals surface area contributed by atoms with E-state index >= 15 is 0 Å². The van der Waals surface area contributed by atoms with E-state index in [9.17, 15) is 0 Å². The number of hydrogen-bond donors (Lipinski definition) is 1. The van der Waals surface area contributed by atoms with Crippen molar-refractivity contribution < 1.29 is 18.5 Å². The summed E-state index contributed by atoms with van der Waals surface area (Å²) in [5.74, 6) is 0.549. The molecule has 2 heterocycles. The molecule has 0 spiro atoms. The predicted octanol–water partition coefficient (Wildman–Crippen LogP) is 4.39. The van der Waals surface area contributed by atoms with Crippen LogP contribution in [-0.2, 0) is 0 Å². The summed E-state index contributed by atoms with van der Waals surface area (Å²) in [6, 6.07) is 17.4. The lowest BCUT2D eigenvalue weighted by Gasteiger charge is -1.99. The third-order valence-corrected chi connectivity index (χ3v) is 4.14. The minimum Gasteiger partial charge on any atom is -0.537 e. The van der Waals surface area contributed by atoms with Gasteiger partial charge >= 0.3 is 7.69 Å². The highest BCUT2D eigenvalue weighted by molar-refractivity contribution is 6.19. The molecule has 5 aromatic rings. The first-order valence-corrected chi connectivity index (χ1v) is 7.24. The normalized spacial score (nSPS) is 11.7. The highest BCUT2D eigenvalue weighted by Gasteiger charge is 2.15. The fraction of sp³-hybridized carbons (Fsp3) is 0. The Kier molecular flexibility index (Phi) is 2.49. The van der Waals surface area contributed by atoms with E-state index in [1.54, 1.807) is 6.07 Å². The number of para-hydroxylation sites is 1. The van der Waals surface area contributed by atoms with Crippen LogP contribution in [0.5, 0.6) is 5.75 Å². The molecule has 0 unspecified atom stereocenters. The molecule has 5 rings (SSSR count). The van der Waals surface area contributed by atoms with Crippen LogP contribution < -0.4 is 4.65 Å². The van der Waals surface area contributed by atoms with Crippen molar-refractivity contribution in [3.05, 3.63) is 54.6 Å². The number of fused-ring (bicyclic) bond motifs is 7. The van der Waals surface area contributed by atoms with E-state index < -0.39 is 0 Å². The van der Waals surface area contributed by atoms with E-state index in [-0.39, 0.29) is 0 Å². The van der Waals surface area contributed by atoms with Gasteiger partial charge < -0.3 is 18.5 Å². The maximum atomic E-state index is 8.79. The lowest BCUT2D eigenvalue weighted by atomic mass is 10.1. The zero-order valence-electron chi connectivity index (χ0n) is 11.9. The van der Waals surface area contributed by atoms with Crippen LogP contribution >= 0.6 is 0 Å². The molecule has 1 radical (unpaired) electrons. The van der Waals surface area contributed by atoms with Gasteiger partial charge in [-0.15, -0.1) is 0 Å². The molecular weight excluding hydrogens is 291 g/mol. The lowest BCUT2D eigenvalue weighted by molar-refractivity contribution is 0.454. The lowest BCUT2D eigenvalue weighted by Crippen LogP contribution is -1.98. The van der Waals surface area contributed by atoms with Gasteiger partial charge in [-0.2, -0.15) is 0 Å². The van der Waals surface area contributed by atoms with Crippen molar-refractivity contribution in [1.29, 1.82) is 0 Å². The average molecular weight is 301 g/mol. The van der Waals surface area contributed by atoms with Gasteiger partial charge in [-0.05, 0) is 36.4 Å². The summed E-state index contributed by atoms with van der Waals surface area (Å²) in [6.45, 7) is 0. The first kappa shape index (κ1) is 12.6. The summed E-state index contributed by atoms with van der Waals surface area (Å²) in [5, 5.41) is 12.8. The fourth-order valence-electron chi connectivity index (χ4n) is 3.13. The first-order valence-electron chi connectivity index (χ1n) is 7.24. The standard InChI is InChI=1S/C18H10BO4/c20-19-23-10-5-8-16-14(9-10)13-7-6-12-11-3-1-2-4-15(11)21-17(12)18(13)22-16/h1-9,20H. The van der Waals surface area contributed by atoms with Gasteiger partial charge in [0.25, 0.3) is 0 Å². The molecule has 0 aliphatic carbocycles. The second kappa shape index (κ2) is 4.54. The highest BCUT2D eigenvalue weighted by atomic mass is 16.5. The molecule has 2 aromatic heterocycles. The summed E-state index contributed by atoms with van der Waals surface area (Å²) < 4.78 is 17.0. The second-order valence-corrected chi connectivity index (χ2v) is 5.40. The minimum atomic E-state index is 0.549. The molecule has 0 aliphatic heterocycles. The quantitative estimate of drug-likeness (QED) is 0.491. The molecule has 23 heavy (non-hydrogen) atoms. The average Bonchev–Trinajstić information content (AvgIpc) is 3.13. The Morgan fingerprint density at radius 1 is 0.739 bits per heavy atom. The number of hydrogen-bond acceptors (Lipinski definition) is 4. The van der Waals surface area contributed by atoms with Gasteiger partial charge in [0.2, 0.25) is 0 Å². The Morgan fingerprint density at radius 2 is 1.43 bits per heavy atom. The third-order valence-electron chi connectivity index (χ3n) is 4.14. The van der Waals surface area contributed by atoms with Gasteiger partial charge in [-0.1, -0.05) is 18.2 Å². The molecule has 5 heteroatoms. The molecule has 0 atom stereocenters. The van der Waals surface area contributed by atoms with Crippen LogP contribution in [0, 0.1) is 0 Å². The van der Waals surface area contributed by atoms with Gasteiger partial charge in [0.15, 0.2) is 11.2 Å². The fourth-order valence-corrected chi connectivity index (χ4v) is 3.13. The van der Waals surface area contributed by atoms with Crippen molar-refractivity contribution in [3.63, 3.8) is 0 Å². The maximum absolute atomic E-state index is 8.79.